The van der Waals surface area contributed by atoms with Gasteiger partial charge in [0.2, 0.25) is 0 Å². The largest absolute Gasteiger partial charge is 0.399 e. The van der Waals surface area contributed by atoms with Gasteiger partial charge in [0, 0.05) is 12.1 Å². The smallest absolute Gasteiger partial charge is 0.150 e. The second-order valence-corrected chi connectivity index (χ2v) is 4.59. The Morgan fingerprint density at radius 1 is 1.19 bits per heavy atom. The Labute approximate surface area is 94.6 Å². The molecule has 0 saturated heterocycles. The fourth-order valence-electron chi connectivity index (χ4n) is 2.15. The number of anilines is 1. The van der Waals surface area contributed by atoms with Crippen molar-refractivity contribution in [3.8, 4) is 0 Å². The van der Waals surface area contributed by atoms with Gasteiger partial charge in [0.25, 0.3) is 0 Å². The van der Waals surface area contributed by atoms with Crippen LogP contribution in [0.2, 0.25) is 0 Å². The summed E-state index contributed by atoms with van der Waals surface area (Å²) in [5, 5.41) is 0. The molecule has 1 aromatic rings. The van der Waals surface area contributed by atoms with Crippen LogP contribution in [0.4, 0.5) is 5.69 Å². The van der Waals surface area contributed by atoms with Gasteiger partial charge in [-0.15, -0.1) is 0 Å². The van der Waals surface area contributed by atoms with Crippen molar-refractivity contribution >= 4 is 17.3 Å². The van der Waals surface area contributed by atoms with E-state index in [1.165, 1.54) is 0 Å². The molecule has 1 aliphatic rings. The average Bonchev–Trinajstić information content (AvgIpc) is 2.25. The normalized spacial score (nSPS) is 25.8. The monoisotopic (exact) mass is 217 g/mol. The van der Waals surface area contributed by atoms with Gasteiger partial charge in [0.05, 0.1) is 11.8 Å². The first-order valence-corrected chi connectivity index (χ1v) is 5.43. The van der Waals surface area contributed by atoms with E-state index < -0.39 is 5.41 Å². The predicted octanol–water partition coefficient (Wildman–Crippen LogP) is 1.85. The molecule has 84 valence electrons. The molecule has 1 fully saturated rings. The molecule has 1 atom stereocenters. The molecule has 1 saturated carbocycles. The van der Waals surface area contributed by atoms with Crippen molar-refractivity contribution in [1.82, 2.24) is 0 Å². The fraction of sp³-hybridized carbons (Fsp3) is 0.385. The molecule has 1 aromatic carbocycles. The van der Waals surface area contributed by atoms with Gasteiger partial charge in [-0.3, -0.25) is 9.59 Å². The summed E-state index contributed by atoms with van der Waals surface area (Å²) in [6.45, 7) is 1.91. The lowest BCUT2D eigenvalue weighted by Crippen LogP contribution is -2.38. The Kier molecular flexibility index (Phi) is 2.54. The maximum atomic E-state index is 12.0. The Bertz CT molecular complexity index is 436. The van der Waals surface area contributed by atoms with Crippen LogP contribution < -0.4 is 5.73 Å². The summed E-state index contributed by atoms with van der Waals surface area (Å²) < 4.78 is 0. The zero-order valence-electron chi connectivity index (χ0n) is 9.32. The second-order valence-electron chi connectivity index (χ2n) is 4.59. The van der Waals surface area contributed by atoms with E-state index in [9.17, 15) is 9.59 Å². The van der Waals surface area contributed by atoms with Gasteiger partial charge in [-0.05, 0) is 31.0 Å². The van der Waals surface area contributed by atoms with Gasteiger partial charge in [-0.1, -0.05) is 12.1 Å². The quantitative estimate of drug-likeness (QED) is 0.577. The number of Topliss-reactive ketones (excluding diaryl/α,β-unsaturated/α-hetero) is 2. The van der Waals surface area contributed by atoms with Crippen LogP contribution in [0.3, 0.4) is 0 Å². The molecule has 2 rings (SSSR count). The summed E-state index contributed by atoms with van der Waals surface area (Å²) >= 11 is 0. The molecule has 3 heteroatoms. The maximum absolute atomic E-state index is 12.0. The van der Waals surface area contributed by atoms with Crippen LogP contribution in [0.15, 0.2) is 24.3 Å². The van der Waals surface area contributed by atoms with Crippen molar-refractivity contribution in [2.24, 2.45) is 0 Å². The summed E-state index contributed by atoms with van der Waals surface area (Å²) in [7, 11) is 0. The minimum absolute atomic E-state index is 0.0218. The van der Waals surface area contributed by atoms with Crippen LogP contribution in [0.25, 0.3) is 0 Å². The number of carbonyl (C=O) groups is 2. The van der Waals surface area contributed by atoms with Crippen LogP contribution in [0.1, 0.15) is 31.7 Å². The molecule has 0 bridgehead atoms. The van der Waals surface area contributed by atoms with E-state index in [1.807, 2.05) is 19.1 Å². The SMILES string of the molecule is CC1(c2ccc(N)cc2)CCC(=O)CC1=O. The molecule has 3 nitrogen and oxygen atoms in total. The van der Waals surface area contributed by atoms with E-state index >= 15 is 0 Å². The van der Waals surface area contributed by atoms with Crippen molar-refractivity contribution in [3.63, 3.8) is 0 Å². The van der Waals surface area contributed by atoms with E-state index in [2.05, 4.69) is 0 Å². The number of nitrogen functional groups attached to an aromatic ring is 1. The minimum atomic E-state index is -0.512. The molecule has 0 amide bonds. The molecule has 2 N–H and O–H groups in total. The zero-order valence-corrected chi connectivity index (χ0v) is 9.32. The van der Waals surface area contributed by atoms with Gasteiger partial charge >= 0.3 is 0 Å². The number of carbonyl (C=O) groups excluding carboxylic acids is 2. The van der Waals surface area contributed by atoms with Crippen LogP contribution in [-0.2, 0) is 15.0 Å². The summed E-state index contributed by atoms with van der Waals surface area (Å²) in [6, 6.07) is 7.35. The number of hydrogen-bond acceptors (Lipinski definition) is 3. The molecule has 0 aromatic heterocycles. The van der Waals surface area contributed by atoms with Crippen LogP contribution >= 0.6 is 0 Å². The van der Waals surface area contributed by atoms with E-state index in [-0.39, 0.29) is 18.0 Å². The molecule has 0 aliphatic heterocycles. The Morgan fingerprint density at radius 2 is 1.81 bits per heavy atom. The van der Waals surface area contributed by atoms with Crippen molar-refractivity contribution in [3.05, 3.63) is 29.8 Å². The zero-order chi connectivity index (χ0) is 11.8. The lowest BCUT2D eigenvalue weighted by atomic mass is 9.69. The molecule has 1 unspecified atom stereocenters. The first-order valence-electron chi connectivity index (χ1n) is 5.43. The third kappa shape index (κ3) is 1.73. The summed E-state index contributed by atoms with van der Waals surface area (Å²) in [4.78, 5) is 23.2. The molecular weight excluding hydrogens is 202 g/mol. The fourth-order valence-corrected chi connectivity index (χ4v) is 2.15. The van der Waals surface area contributed by atoms with Crippen LogP contribution in [0, 0.1) is 0 Å². The maximum Gasteiger partial charge on any atom is 0.150 e. The molecule has 0 heterocycles. The third-order valence-corrected chi connectivity index (χ3v) is 3.42. The number of benzene rings is 1. The molecular formula is C13H15NO2. The van der Waals surface area contributed by atoms with E-state index in [1.54, 1.807) is 12.1 Å². The predicted molar refractivity (Wildman–Crippen MR) is 62.1 cm³/mol. The van der Waals surface area contributed by atoms with Crippen molar-refractivity contribution < 1.29 is 9.59 Å². The average molecular weight is 217 g/mol. The van der Waals surface area contributed by atoms with Gasteiger partial charge in [-0.25, -0.2) is 0 Å². The van der Waals surface area contributed by atoms with Crippen molar-refractivity contribution in [1.29, 1.82) is 0 Å². The van der Waals surface area contributed by atoms with Gasteiger partial charge in [0.15, 0.2) is 0 Å². The molecule has 16 heavy (non-hydrogen) atoms. The lowest BCUT2D eigenvalue weighted by Gasteiger charge is -2.31. The van der Waals surface area contributed by atoms with Gasteiger partial charge < -0.3 is 5.73 Å². The van der Waals surface area contributed by atoms with Crippen LogP contribution in [0.5, 0.6) is 0 Å². The molecule has 0 spiro atoms. The number of nitrogens with two attached hydrogens (primary N) is 1. The highest BCUT2D eigenvalue weighted by atomic mass is 16.1. The third-order valence-electron chi connectivity index (χ3n) is 3.42. The van der Waals surface area contributed by atoms with E-state index in [0.29, 0.717) is 18.5 Å². The minimum Gasteiger partial charge on any atom is -0.399 e. The number of hydrogen-bond donors (Lipinski definition) is 1. The van der Waals surface area contributed by atoms with Gasteiger partial charge in [0.1, 0.15) is 11.6 Å². The second kappa shape index (κ2) is 3.74. The lowest BCUT2D eigenvalue weighted by molar-refractivity contribution is -0.133. The number of ketones is 2. The van der Waals surface area contributed by atoms with Crippen molar-refractivity contribution in [2.75, 3.05) is 5.73 Å². The Morgan fingerprint density at radius 3 is 2.38 bits per heavy atom. The van der Waals surface area contributed by atoms with E-state index in [0.717, 1.165) is 5.56 Å². The summed E-state index contributed by atoms with van der Waals surface area (Å²) in [5.41, 5.74) is 6.75. The topological polar surface area (TPSA) is 60.2 Å². The number of rotatable bonds is 1. The van der Waals surface area contributed by atoms with Crippen molar-refractivity contribution in [2.45, 2.75) is 31.6 Å². The van der Waals surface area contributed by atoms with Crippen LogP contribution in [-0.4, -0.2) is 11.6 Å². The first kappa shape index (κ1) is 10.9. The Balaban J connectivity index is 2.34. The molecule has 1 aliphatic carbocycles. The summed E-state index contributed by atoms with van der Waals surface area (Å²) in [6.07, 6.45) is 1.17. The van der Waals surface area contributed by atoms with Gasteiger partial charge in [-0.2, -0.15) is 0 Å². The highest BCUT2D eigenvalue weighted by Crippen LogP contribution is 2.35. The molecule has 0 radical (unpaired) electrons. The Hall–Kier alpha value is -1.64. The van der Waals surface area contributed by atoms with E-state index in [4.69, 9.17) is 5.73 Å². The summed E-state index contributed by atoms with van der Waals surface area (Å²) in [5.74, 6) is 0.0754. The first-order chi connectivity index (χ1) is 7.52. The standard InChI is InChI=1S/C13H15NO2/c1-13(7-6-11(15)8-12(13)16)9-2-4-10(14)5-3-9/h2-5H,6-8,14H2,1H3. The highest BCUT2D eigenvalue weighted by molar-refractivity contribution is 6.06. The highest BCUT2D eigenvalue weighted by Gasteiger charge is 2.39.